The number of primary amides is 1. The Balaban J connectivity index is 2.12. The predicted molar refractivity (Wildman–Crippen MR) is 105 cm³/mol. The summed E-state index contributed by atoms with van der Waals surface area (Å²) in [4.78, 5) is 13.4. The molecule has 0 bridgehead atoms. The Labute approximate surface area is 163 Å². The van der Waals surface area contributed by atoms with Gasteiger partial charge in [0.25, 0.3) is 0 Å². The zero-order valence-electron chi connectivity index (χ0n) is 15.5. The largest absolute Gasteiger partial charge is 0.383 e. The van der Waals surface area contributed by atoms with Crippen molar-refractivity contribution in [3.63, 3.8) is 0 Å². The number of nitrogens with two attached hydrogens (primary N) is 1. The Morgan fingerprint density at radius 2 is 1.89 bits per heavy atom. The van der Waals surface area contributed by atoms with E-state index in [4.69, 9.17) is 5.73 Å². The summed E-state index contributed by atoms with van der Waals surface area (Å²) in [6.07, 6.45) is 2.33. The van der Waals surface area contributed by atoms with Crippen LogP contribution in [0.5, 0.6) is 0 Å². The zero-order chi connectivity index (χ0) is 20.7. The lowest BCUT2D eigenvalue weighted by Crippen LogP contribution is -2.46. The van der Waals surface area contributed by atoms with Gasteiger partial charge in [0.2, 0.25) is 5.91 Å². The molecule has 3 rings (SSSR count). The minimum absolute atomic E-state index is 0.160. The number of rotatable bonds is 5. The molecule has 8 heteroatoms. The first-order valence-electron chi connectivity index (χ1n) is 8.60. The first-order chi connectivity index (χ1) is 13.0. The third-order valence-electron chi connectivity index (χ3n) is 4.88. The van der Waals surface area contributed by atoms with Crippen LogP contribution in [0.25, 0.3) is 5.70 Å². The van der Waals surface area contributed by atoms with Crippen molar-refractivity contribution in [3.8, 4) is 0 Å². The number of aliphatic hydroxyl groups is 1. The molecule has 2 aromatic rings. The lowest BCUT2D eigenvalue weighted by molar-refractivity contribution is -0.121. The zero-order valence-corrected chi connectivity index (χ0v) is 16.3. The van der Waals surface area contributed by atoms with Crippen molar-refractivity contribution < 1.29 is 22.7 Å². The summed E-state index contributed by atoms with van der Waals surface area (Å²) in [5.41, 5.74) is 5.39. The molecular formula is C20H21FN2O4S. The van der Waals surface area contributed by atoms with E-state index >= 15 is 0 Å². The van der Waals surface area contributed by atoms with Crippen LogP contribution in [0.3, 0.4) is 0 Å². The summed E-state index contributed by atoms with van der Waals surface area (Å²) in [6.45, 7) is 1.71. The molecule has 1 unspecified atom stereocenters. The molecule has 6 nitrogen and oxygen atoms in total. The number of anilines is 1. The molecule has 28 heavy (non-hydrogen) atoms. The van der Waals surface area contributed by atoms with Crippen LogP contribution in [0.1, 0.15) is 18.9 Å². The topological polar surface area (TPSA) is 101 Å². The molecule has 1 heterocycles. The molecule has 0 spiro atoms. The molecule has 2 atom stereocenters. The second-order valence-electron chi connectivity index (χ2n) is 6.99. The standard InChI is InChI=1S/C20H21FN2O4S/c1-13-20(25,12-19(22)24)11-18(23(13)16-5-3-4-15(21)10-16)14-6-8-17(9-7-14)28(2,26)27/h3-11,13,25H,12H2,1-2H3,(H2,22,24)/t13-,20?/m0/s1. The fourth-order valence-corrected chi connectivity index (χ4v) is 4.05. The smallest absolute Gasteiger partial charge is 0.220 e. The van der Waals surface area contributed by atoms with Gasteiger partial charge in [0.05, 0.1) is 17.4 Å². The molecule has 148 valence electrons. The van der Waals surface area contributed by atoms with Gasteiger partial charge >= 0.3 is 0 Å². The Kier molecular flexibility index (Phi) is 5.03. The number of sulfone groups is 1. The third kappa shape index (κ3) is 3.79. The van der Waals surface area contributed by atoms with E-state index < -0.39 is 33.2 Å². The van der Waals surface area contributed by atoms with Crippen LogP contribution in [-0.4, -0.2) is 37.3 Å². The molecule has 1 amide bonds. The summed E-state index contributed by atoms with van der Waals surface area (Å²) >= 11 is 0. The highest BCUT2D eigenvalue weighted by Crippen LogP contribution is 2.41. The highest BCUT2D eigenvalue weighted by atomic mass is 32.2. The van der Waals surface area contributed by atoms with E-state index in [-0.39, 0.29) is 11.3 Å². The van der Waals surface area contributed by atoms with E-state index in [2.05, 4.69) is 0 Å². The van der Waals surface area contributed by atoms with E-state index in [1.165, 1.54) is 30.3 Å². The SMILES string of the molecule is C[C@@H]1N(c2cccc(F)c2)C(c2ccc(S(C)(=O)=O)cc2)=CC1(O)CC(N)=O. The number of halogens is 1. The molecule has 2 aromatic carbocycles. The van der Waals surface area contributed by atoms with Crippen LogP contribution in [0.15, 0.2) is 59.5 Å². The predicted octanol–water partition coefficient (Wildman–Crippen LogP) is 2.09. The molecule has 0 radical (unpaired) electrons. The Hall–Kier alpha value is -2.71. The maximum Gasteiger partial charge on any atom is 0.220 e. The van der Waals surface area contributed by atoms with E-state index in [0.29, 0.717) is 16.9 Å². The van der Waals surface area contributed by atoms with Crippen LogP contribution in [0.4, 0.5) is 10.1 Å². The minimum atomic E-state index is -3.36. The quantitative estimate of drug-likeness (QED) is 0.795. The molecule has 1 aliphatic rings. The highest BCUT2D eigenvalue weighted by Gasteiger charge is 2.45. The second-order valence-corrected chi connectivity index (χ2v) is 9.00. The summed E-state index contributed by atoms with van der Waals surface area (Å²) in [6, 6.07) is 11.4. The monoisotopic (exact) mass is 404 g/mol. The van der Waals surface area contributed by atoms with Crippen molar-refractivity contribution in [1.29, 1.82) is 0 Å². The average molecular weight is 404 g/mol. The molecule has 0 saturated carbocycles. The van der Waals surface area contributed by atoms with Gasteiger partial charge in [-0.3, -0.25) is 4.79 Å². The van der Waals surface area contributed by atoms with E-state index in [9.17, 15) is 22.7 Å². The summed E-state index contributed by atoms with van der Waals surface area (Å²) in [5.74, 6) is -1.11. The number of hydrogen-bond acceptors (Lipinski definition) is 5. The maximum atomic E-state index is 13.8. The van der Waals surface area contributed by atoms with Crippen LogP contribution >= 0.6 is 0 Å². The van der Waals surface area contributed by atoms with E-state index in [0.717, 1.165) is 6.26 Å². The molecule has 1 aliphatic heterocycles. The fraction of sp³-hybridized carbons (Fsp3) is 0.250. The van der Waals surface area contributed by atoms with Crippen LogP contribution in [0.2, 0.25) is 0 Å². The van der Waals surface area contributed by atoms with Gasteiger partial charge in [-0.1, -0.05) is 18.2 Å². The normalized spacial score (nSPS) is 22.2. The van der Waals surface area contributed by atoms with Gasteiger partial charge < -0.3 is 15.7 Å². The Morgan fingerprint density at radius 1 is 1.25 bits per heavy atom. The van der Waals surface area contributed by atoms with Crippen molar-refractivity contribution in [2.75, 3.05) is 11.2 Å². The molecule has 0 saturated heterocycles. The highest BCUT2D eigenvalue weighted by molar-refractivity contribution is 7.90. The lowest BCUT2D eigenvalue weighted by Gasteiger charge is -2.33. The Morgan fingerprint density at radius 3 is 2.43 bits per heavy atom. The van der Waals surface area contributed by atoms with Gasteiger partial charge in [0.1, 0.15) is 11.4 Å². The Bertz CT molecular complexity index is 1050. The van der Waals surface area contributed by atoms with E-state index in [1.54, 1.807) is 36.1 Å². The minimum Gasteiger partial charge on any atom is -0.383 e. The van der Waals surface area contributed by atoms with Gasteiger partial charge in [-0.25, -0.2) is 12.8 Å². The fourth-order valence-electron chi connectivity index (χ4n) is 3.42. The third-order valence-corrected chi connectivity index (χ3v) is 6.01. The van der Waals surface area contributed by atoms with Crippen molar-refractivity contribution in [1.82, 2.24) is 0 Å². The first-order valence-corrected chi connectivity index (χ1v) is 10.5. The molecule has 3 N–H and O–H groups in total. The number of carbonyl (C=O) groups is 1. The average Bonchev–Trinajstić information content (AvgIpc) is 2.85. The second kappa shape index (κ2) is 7.03. The van der Waals surface area contributed by atoms with Gasteiger partial charge in [-0.05, 0) is 48.9 Å². The van der Waals surface area contributed by atoms with Gasteiger partial charge in [0.15, 0.2) is 9.84 Å². The summed E-state index contributed by atoms with van der Waals surface area (Å²) < 4.78 is 37.2. The summed E-state index contributed by atoms with van der Waals surface area (Å²) in [7, 11) is -3.36. The van der Waals surface area contributed by atoms with E-state index in [1.807, 2.05) is 0 Å². The van der Waals surface area contributed by atoms with Crippen molar-refractivity contribution in [3.05, 3.63) is 66.0 Å². The van der Waals surface area contributed by atoms with Crippen LogP contribution in [0, 0.1) is 5.82 Å². The van der Waals surface area contributed by atoms with Crippen LogP contribution < -0.4 is 10.6 Å². The molecular weight excluding hydrogens is 383 g/mol. The molecule has 0 fully saturated rings. The van der Waals surface area contributed by atoms with Crippen LogP contribution in [-0.2, 0) is 14.6 Å². The van der Waals surface area contributed by atoms with Gasteiger partial charge in [-0.2, -0.15) is 0 Å². The first kappa shape index (κ1) is 20.0. The number of hydrogen-bond donors (Lipinski definition) is 2. The van der Waals surface area contributed by atoms with Crippen molar-refractivity contribution >= 4 is 27.1 Å². The number of benzene rings is 2. The summed E-state index contributed by atoms with van der Waals surface area (Å²) in [5, 5.41) is 11.0. The van der Waals surface area contributed by atoms with Crippen molar-refractivity contribution in [2.45, 2.75) is 29.9 Å². The number of nitrogens with zero attached hydrogens (tertiary/aromatic N) is 1. The molecule has 0 aromatic heterocycles. The van der Waals surface area contributed by atoms with Crippen molar-refractivity contribution in [2.24, 2.45) is 5.73 Å². The lowest BCUT2D eigenvalue weighted by atomic mass is 9.93. The molecule has 0 aliphatic carbocycles. The van der Waals surface area contributed by atoms with Gasteiger partial charge in [0, 0.05) is 17.6 Å². The number of amides is 1. The maximum absolute atomic E-state index is 13.8. The van der Waals surface area contributed by atoms with Gasteiger partial charge in [-0.15, -0.1) is 0 Å². The number of carbonyl (C=O) groups excluding carboxylic acids is 1.